The zero-order valence-corrected chi connectivity index (χ0v) is 8.69. The van der Waals surface area contributed by atoms with Gasteiger partial charge in [0.25, 0.3) is 0 Å². The van der Waals surface area contributed by atoms with Crippen molar-refractivity contribution >= 4 is 27.7 Å². The van der Waals surface area contributed by atoms with Crippen molar-refractivity contribution in [2.45, 2.75) is 13.3 Å². The highest BCUT2D eigenvalue weighted by Gasteiger charge is 2.01. The quantitative estimate of drug-likeness (QED) is 0.769. The number of aryl methyl sites for hydroxylation is 1. The van der Waals surface area contributed by atoms with Crippen LogP contribution in [-0.4, -0.2) is 0 Å². The highest BCUT2D eigenvalue weighted by atomic mass is 79.9. The molecule has 0 aliphatic heterocycles. The summed E-state index contributed by atoms with van der Waals surface area (Å²) in [5.74, 6) is 0. The summed E-state index contributed by atoms with van der Waals surface area (Å²) in [6.07, 6.45) is 2.79. The van der Waals surface area contributed by atoms with Crippen molar-refractivity contribution in [2.75, 3.05) is 5.73 Å². The molecule has 2 heteroatoms. The Balaban J connectivity index is 3.28. The lowest BCUT2D eigenvalue weighted by atomic mass is 10.1. The first-order chi connectivity index (χ1) is 5.69. The number of rotatable bonds is 2. The van der Waals surface area contributed by atoms with Crippen LogP contribution >= 0.6 is 15.9 Å². The van der Waals surface area contributed by atoms with Gasteiger partial charge in [0.1, 0.15) is 0 Å². The summed E-state index contributed by atoms with van der Waals surface area (Å²) in [5.41, 5.74) is 8.84. The molecule has 2 N–H and O–H groups in total. The molecule has 0 unspecified atom stereocenters. The van der Waals surface area contributed by atoms with E-state index in [1.54, 1.807) is 6.08 Å². The van der Waals surface area contributed by atoms with E-state index in [1.165, 1.54) is 5.56 Å². The Hall–Kier alpha value is -0.760. The molecule has 0 amide bonds. The topological polar surface area (TPSA) is 26.0 Å². The fourth-order valence-corrected chi connectivity index (χ4v) is 1.59. The maximum atomic E-state index is 5.80. The Kier molecular flexibility index (Phi) is 2.93. The van der Waals surface area contributed by atoms with E-state index in [4.69, 9.17) is 5.73 Å². The molecule has 0 fully saturated rings. The second kappa shape index (κ2) is 3.76. The fourth-order valence-electron chi connectivity index (χ4n) is 1.07. The van der Waals surface area contributed by atoms with Gasteiger partial charge in [-0.15, -0.1) is 0 Å². The van der Waals surface area contributed by atoms with E-state index >= 15 is 0 Å². The van der Waals surface area contributed by atoms with Gasteiger partial charge in [0.15, 0.2) is 0 Å². The average Bonchev–Trinajstić information content (AvgIpc) is 2.09. The lowest BCUT2D eigenvalue weighted by Gasteiger charge is -2.05. The molecule has 0 aromatic heterocycles. The molecule has 12 heavy (non-hydrogen) atoms. The van der Waals surface area contributed by atoms with Crippen molar-refractivity contribution in [1.29, 1.82) is 0 Å². The standard InChI is InChI=1S/C10H12BrN/c1-3-7-5-8(4-2)10(12)9(11)6-7/h4-6H,2-3,12H2,1H3. The number of hydrogen-bond donors (Lipinski definition) is 1. The van der Waals surface area contributed by atoms with Crippen molar-refractivity contribution < 1.29 is 0 Å². The predicted molar refractivity (Wildman–Crippen MR) is 58.0 cm³/mol. The monoisotopic (exact) mass is 225 g/mol. The molecular formula is C10H12BrN. The average molecular weight is 226 g/mol. The summed E-state index contributed by atoms with van der Waals surface area (Å²) < 4.78 is 0.955. The number of benzene rings is 1. The van der Waals surface area contributed by atoms with Crippen LogP contribution in [0.15, 0.2) is 23.2 Å². The minimum atomic E-state index is 0.766. The van der Waals surface area contributed by atoms with Gasteiger partial charge in [-0.1, -0.05) is 19.6 Å². The molecule has 0 heterocycles. The molecule has 0 saturated carbocycles. The van der Waals surface area contributed by atoms with Crippen LogP contribution in [0.2, 0.25) is 0 Å². The first-order valence-electron chi connectivity index (χ1n) is 3.89. The highest BCUT2D eigenvalue weighted by molar-refractivity contribution is 9.10. The van der Waals surface area contributed by atoms with Gasteiger partial charge in [-0.2, -0.15) is 0 Å². The van der Waals surface area contributed by atoms with Crippen LogP contribution in [0.25, 0.3) is 6.08 Å². The number of anilines is 1. The van der Waals surface area contributed by atoms with Crippen LogP contribution in [0, 0.1) is 0 Å². The largest absolute Gasteiger partial charge is 0.397 e. The van der Waals surface area contributed by atoms with Crippen molar-refractivity contribution in [3.8, 4) is 0 Å². The molecule has 1 nitrogen and oxygen atoms in total. The van der Waals surface area contributed by atoms with E-state index in [9.17, 15) is 0 Å². The molecule has 0 saturated heterocycles. The number of nitrogen functional groups attached to an aromatic ring is 1. The van der Waals surface area contributed by atoms with Crippen molar-refractivity contribution in [2.24, 2.45) is 0 Å². The van der Waals surface area contributed by atoms with Crippen LogP contribution in [0.3, 0.4) is 0 Å². The van der Waals surface area contributed by atoms with Gasteiger partial charge in [0, 0.05) is 4.47 Å². The SMILES string of the molecule is C=Cc1cc(CC)cc(Br)c1N. The maximum absolute atomic E-state index is 5.80. The van der Waals surface area contributed by atoms with Gasteiger partial charge in [0.05, 0.1) is 5.69 Å². The van der Waals surface area contributed by atoms with Gasteiger partial charge in [0.2, 0.25) is 0 Å². The Morgan fingerprint density at radius 1 is 1.58 bits per heavy atom. The van der Waals surface area contributed by atoms with Gasteiger partial charge in [-0.05, 0) is 45.6 Å². The summed E-state index contributed by atoms with van der Waals surface area (Å²) in [5, 5.41) is 0. The van der Waals surface area contributed by atoms with E-state index in [0.29, 0.717) is 0 Å². The van der Waals surface area contributed by atoms with Crippen LogP contribution in [0.1, 0.15) is 18.1 Å². The van der Waals surface area contributed by atoms with Crippen molar-refractivity contribution in [3.63, 3.8) is 0 Å². The Labute approximate surface area is 81.4 Å². The minimum Gasteiger partial charge on any atom is -0.397 e. The zero-order chi connectivity index (χ0) is 9.14. The van der Waals surface area contributed by atoms with Gasteiger partial charge in [-0.3, -0.25) is 0 Å². The van der Waals surface area contributed by atoms with E-state index in [2.05, 4.69) is 35.5 Å². The van der Waals surface area contributed by atoms with E-state index in [1.807, 2.05) is 6.07 Å². The first-order valence-corrected chi connectivity index (χ1v) is 4.68. The fraction of sp³-hybridized carbons (Fsp3) is 0.200. The van der Waals surface area contributed by atoms with Gasteiger partial charge in [-0.25, -0.2) is 0 Å². The van der Waals surface area contributed by atoms with Gasteiger partial charge >= 0.3 is 0 Å². The van der Waals surface area contributed by atoms with Crippen molar-refractivity contribution in [1.82, 2.24) is 0 Å². The molecule has 1 aromatic rings. The summed E-state index contributed by atoms with van der Waals surface area (Å²) in [6, 6.07) is 4.11. The summed E-state index contributed by atoms with van der Waals surface area (Å²) >= 11 is 3.41. The zero-order valence-electron chi connectivity index (χ0n) is 7.10. The number of halogens is 1. The molecule has 0 bridgehead atoms. The van der Waals surface area contributed by atoms with Crippen LogP contribution in [-0.2, 0) is 6.42 Å². The lowest BCUT2D eigenvalue weighted by molar-refractivity contribution is 1.14. The molecule has 0 radical (unpaired) electrons. The third-order valence-electron chi connectivity index (χ3n) is 1.85. The third kappa shape index (κ3) is 1.69. The second-order valence-electron chi connectivity index (χ2n) is 2.64. The van der Waals surface area contributed by atoms with Crippen LogP contribution in [0.5, 0.6) is 0 Å². The molecule has 1 rings (SSSR count). The molecule has 0 spiro atoms. The third-order valence-corrected chi connectivity index (χ3v) is 2.51. The van der Waals surface area contributed by atoms with E-state index < -0.39 is 0 Å². The molecule has 0 aliphatic carbocycles. The molecule has 64 valence electrons. The molecule has 1 aromatic carbocycles. The van der Waals surface area contributed by atoms with Crippen LogP contribution < -0.4 is 5.73 Å². The Morgan fingerprint density at radius 2 is 2.25 bits per heavy atom. The van der Waals surface area contributed by atoms with Crippen LogP contribution in [0.4, 0.5) is 5.69 Å². The highest BCUT2D eigenvalue weighted by Crippen LogP contribution is 2.26. The normalized spacial score (nSPS) is 9.83. The summed E-state index contributed by atoms with van der Waals surface area (Å²) in [6.45, 7) is 5.82. The summed E-state index contributed by atoms with van der Waals surface area (Å²) in [7, 11) is 0. The summed E-state index contributed by atoms with van der Waals surface area (Å²) in [4.78, 5) is 0. The predicted octanol–water partition coefficient (Wildman–Crippen LogP) is 3.24. The Bertz CT molecular complexity index is 305. The van der Waals surface area contributed by atoms with Crippen molar-refractivity contribution in [3.05, 3.63) is 34.3 Å². The maximum Gasteiger partial charge on any atom is 0.0532 e. The molecule has 0 aliphatic rings. The molecular weight excluding hydrogens is 214 g/mol. The first kappa shape index (κ1) is 9.33. The van der Waals surface area contributed by atoms with E-state index in [-0.39, 0.29) is 0 Å². The molecule has 0 atom stereocenters. The Morgan fingerprint density at radius 3 is 2.75 bits per heavy atom. The smallest absolute Gasteiger partial charge is 0.0532 e. The number of nitrogens with two attached hydrogens (primary N) is 1. The minimum absolute atomic E-state index is 0.766. The second-order valence-corrected chi connectivity index (χ2v) is 3.49. The number of hydrogen-bond acceptors (Lipinski definition) is 1. The van der Waals surface area contributed by atoms with E-state index in [0.717, 1.165) is 22.1 Å². The lowest BCUT2D eigenvalue weighted by Crippen LogP contribution is -1.93. The van der Waals surface area contributed by atoms with Gasteiger partial charge < -0.3 is 5.73 Å².